The molecule has 0 aromatic heterocycles. The monoisotopic (exact) mass is 643 g/mol. The minimum atomic E-state index is -0.720. The van der Waals surface area contributed by atoms with Crippen LogP contribution in [0.1, 0.15) is 17.5 Å². The first-order valence-corrected chi connectivity index (χ1v) is 15.2. The molecule has 0 aliphatic carbocycles. The highest BCUT2D eigenvalue weighted by molar-refractivity contribution is 8.23. The number of hydrogen-bond donors (Lipinski definition) is 0. The number of rotatable bonds is 10. The van der Waals surface area contributed by atoms with Crippen molar-refractivity contribution in [3.8, 4) is 0 Å². The van der Waals surface area contributed by atoms with Crippen LogP contribution in [-0.2, 0) is 37.1 Å². The van der Waals surface area contributed by atoms with Gasteiger partial charge in [-0.2, -0.15) is 0 Å². The number of amides is 3. The number of nitro benzene ring substituents is 2. The number of β-lactam (4-membered cyclic amide) rings is 1. The molecule has 17 heteroatoms. The summed E-state index contributed by atoms with van der Waals surface area (Å²) in [6.45, 7) is 0.911. The Hall–Kier alpha value is -4.64. The Morgan fingerprint density at radius 3 is 1.89 bits per heavy atom. The van der Waals surface area contributed by atoms with E-state index in [9.17, 15) is 39.4 Å². The average Bonchev–Trinajstić information content (AvgIpc) is 3.33. The molecule has 5 rings (SSSR count). The van der Waals surface area contributed by atoms with Gasteiger partial charge in [0.1, 0.15) is 13.2 Å². The standard InChI is InChI=1S/C27H25N5O10S2/c33-21-13-23-30(21)24(25(35)41-14-17-1-5-19(6-2-17)31(37)38)26(44-23)43-16-22(34)28-9-11-29(12-10-28)27(36)42-15-18-3-7-20(8-4-18)32(39)40/h1-8,23H,9-16H2/t23-/m1/s1. The molecule has 15 nitrogen and oxygen atoms in total. The Balaban J connectivity index is 1.10. The van der Waals surface area contributed by atoms with E-state index in [1.54, 1.807) is 4.90 Å². The summed E-state index contributed by atoms with van der Waals surface area (Å²) >= 11 is 2.47. The molecule has 2 aromatic rings. The molecule has 2 fully saturated rings. The molecule has 3 aliphatic heterocycles. The topological polar surface area (TPSA) is 183 Å². The maximum Gasteiger partial charge on any atom is 0.410 e. The summed E-state index contributed by atoms with van der Waals surface area (Å²) in [5.74, 6) is -1.12. The zero-order valence-corrected chi connectivity index (χ0v) is 24.6. The number of carbonyl (C=O) groups is 4. The molecule has 0 saturated carbocycles. The van der Waals surface area contributed by atoms with Crippen molar-refractivity contribution in [3.63, 3.8) is 0 Å². The maximum absolute atomic E-state index is 13.0. The van der Waals surface area contributed by atoms with Crippen molar-refractivity contribution < 1.29 is 38.5 Å². The lowest BCUT2D eigenvalue weighted by molar-refractivity contribution is -0.385. The highest BCUT2D eigenvalue weighted by Gasteiger charge is 2.49. The van der Waals surface area contributed by atoms with Crippen molar-refractivity contribution in [2.75, 3.05) is 31.9 Å². The Morgan fingerprint density at radius 1 is 0.841 bits per heavy atom. The number of carbonyl (C=O) groups excluding carboxylic acids is 4. The number of non-ortho nitro benzene ring substituents is 2. The Morgan fingerprint density at radius 2 is 1.36 bits per heavy atom. The van der Waals surface area contributed by atoms with Crippen LogP contribution in [-0.4, -0.2) is 85.7 Å². The lowest BCUT2D eigenvalue weighted by atomic mass is 10.2. The molecule has 0 bridgehead atoms. The largest absolute Gasteiger partial charge is 0.456 e. The van der Waals surface area contributed by atoms with Gasteiger partial charge in [0.2, 0.25) is 11.8 Å². The molecule has 2 aromatic carbocycles. The molecule has 3 aliphatic rings. The van der Waals surface area contributed by atoms with Gasteiger partial charge in [-0.15, -0.1) is 11.8 Å². The molecular formula is C27H25N5O10S2. The fourth-order valence-electron chi connectivity index (χ4n) is 4.55. The van der Waals surface area contributed by atoms with E-state index in [2.05, 4.69) is 0 Å². The number of thioether (sulfide) groups is 2. The quantitative estimate of drug-likeness (QED) is 0.160. The van der Waals surface area contributed by atoms with Gasteiger partial charge in [-0.25, -0.2) is 9.59 Å². The Labute approximate surface area is 258 Å². The van der Waals surface area contributed by atoms with Gasteiger partial charge in [-0.3, -0.25) is 34.7 Å². The van der Waals surface area contributed by atoms with Gasteiger partial charge in [0, 0.05) is 50.4 Å². The number of hydrogen-bond acceptors (Lipinski definition) is 12. The second-order valence-electron chi connectivity index (χ2n) is 9.81. The average molecular weight is 644 g/mol. The van der Waals surface area contributed by atoms with Gasteiger partial charge < -0.3 is 19.3 Å². The summed E-state index contributed by atoms with van der Waals surface area (Å²) in [6, 6.07) is 11.3. The van der Waals surface area contributed by atoms with Crippen molar-refractivity contribution >= 4 is 58.8 Å². The molecule has 3 amide bonds. The van der Waals surface area contributed by atoms with E-state index in [4.69, 9.17) is 9.47 Å². The third-order valence-electron chi connectivity index (χ3n) is 7.02. The smallest absolute Gasteiger partial charge is 0.410 e. The zero-order chi connectivity index (χ0) is 31.4. The highest BCUT2D eigenvalue weighted by atomic mass is 32.2. The summed E-state index contributed by atoms with van der Waals surface area (Å²) in [5, 5.41) is 21.4. The Bertz CT molecular complexity index is 1520. The van der Waals surface area contributed by atoms with Gasteiger partial charge in [0.25, 0.3) is 11.4 Å². The predicted molar refractivity (Wildman–Crippen MR) is 157 cm³/mol. The second-order valence-corrected chi connectivity index (χ2v) is 12.2. The highest BCUT2D eigenvalue weighted by Crippen LogP contribution is 2.50. The molecule has 0 unspecified atom stereocenters. The van der Waals surface area contributed by atoms with E-state index in [1.807, 2.05) is 0 Å². The summed E-state index contributed by atoms with van der Waals surface area (Å²) in [5.41, 5.74) is 1.09. The lowest BCUT2D eigenvalue weighted by Crippen LogP contribution is -2.51. The predicted octanol–water partition coefficient (Wildman–Crippen LogP) is 3.23. The zero-order valence-electron chi connectivity index (χ0n) is 23.0. The molecule has 44 heavy (non-hydrogen) atoms. The summed E-state index contributed by atoms with van der Waals surface area (Å²) in [6.07, 6.45) is -0.284. The van der Waals surface area contributed by atoms with Gasteiger partial charge in [0.05, 0.1) is 31.6 Å². The molecule has 1 atom stereocenters. The van der Waals surface area contributed by atoms with Crippen molar-refractivity contribution in [2.24, 2.45) is 0 Å². The van der Waals surface area contributed by atoms with Gasteiger partial charge in [0.15, 0.2) is 5.70 Å². The van der Waals surface area contributed by atoms with E-state index < -0.39 is 21.9 Å². The fourth-order valence-corrected chi connectivity index (χ4v) is 7.18. The number of esters is 1. The van der Waals surface area contributed by atoms with Crippen LogP contribution in [0.4, 0.5) is 16.2 Å². The second kappa shape index (κ2) is 13.3. The van der Waals surface area contributed by atoms with Crippen LogP contribution in [0.15, 0.2) is 58.5 Å². The van der Waals surface area contributed by atoms with Crippen molar-refractivity contribution in [1.29, 1.82) is 0 Å². The number of ether oxygens (including phenoxy) is 2. The minimum absolute atomic E-state index is 0.0147. The van der Waals surface area contributed by atoms with Crippen LogP contribution in [0.25, 0.3) is 0 Å². The molecule has 0 spiro atoms. The molecule has 3 heterocycles. The van der Waals surface area contributed by atoms with Crippen LogP contribution in [0.2, 0.25) is 0 Å². The van der Waals surface area contributed by atoms with Gasteiger partial charge >= 0.3 is 12.1 Å². The molecule has 2 saturated heterocycles. The summed E-state index contributed by atoms with van der Waals surface area (Å²) < 4.78 is 11.2. The molecular weight excluding hydrogens is 618 g/mol. The number of benzene rings is 2. The van der Waals surface area contributed by atoms with Crippen molar-refractivity contribution in [3.05, 3.63) is 89.8 Å². The maximum atomic E-state index is 13.0. The van der Waals surface area contributed by atoms with Crippen molar-refractivity contribution in [1.82, 2.24) is 14.7 Å². The van der Waals surface area contributed by atoms with Gasteiger partial charge in [-0.05, 0) is 35.4 Å². The third-order valence-corrected chi connectivity index (χ3v) is 9.57. The number of fused-ring (bicyclic) bond motifs is 1. The fraction of sp³-hybridized carbons (Fsp3) is 0.333. The Kier molecular flexibility index (Phi) is 9.34. The van der Waals surface area contributed by atoms with E-state index in [-0.39, 0.29) is 85.8 Å². The molecule has 0 N–H and O–H groups in total. The van der Waals surface area contributed by atoms with Crippen molar-refractivity contribution in [2.45, 2.75) is 25.0 Å². The van der Waals surface area contributed by atoms with Crippen LogP contribution < -0.4 is 0 Å². The summed E-state index contributed by atoms with van der Waals surface area (Å²) in [7, 11) is 0. The normalized spacial score (nSPS) is 17.6. The molecule has 230 valence electrons. The van der Waals surface area contributed by atoms with E-state index in [1.165, 1.54) is 70.1 Å². The van der Waals surface area contributed by atoms with Crippen LogP contribution in [0.5, 0.6) is 0 Å². The number of nitro groups is 2. The van der Waals surface area contributed by atoms with Crippen LogP contribution in [0.3, 0.4) is 0 Å². The van der Waals surface area contributed by atoms with E-state index in [0.29, 0.717) is 15.4 Å². The first-order chi connectivity index (χ1) is 21.1. The summed E-state index contributed by atoms with van der Waals surface area (Å²) in [4.78, 5) is 75.7. The lowest BCUT2D eigenvalue weighted by Gasteiger charge is -2.34. The molecule has 0 radical (unpaired) electrons. The number of nitrogens with zero attached hydrogens (tertiary/aromatic N) is 5. The third kappa shape index (κ3) is 6.94. The number of piperazine rings is 1. The van der Waals surface area contributed by atoms with Crippen LogP contribution in [0, 0.1) is 20.2 Å². The SMILES string of the molecule is O=C(OCc1ccc([N+](=O)[O-])cc1)C1=C(SCC(=O)N2CCN(C(=O)OCc3ccc([N+](=O)[O-])cc3)CC2)S[C@@H]2CC(=O)N12. The minimum Gasteiger partial charge on any atom is -0.456 e. The first-order valence-electron chi connectivity index (χ1n) is 13.3. The van der Waals surface area contributed by atoms with E-state index in [0.717, 1.165) is 11.8 Å². The van der Waals surface area contributed by atoms with Gasteiger partial charge in [-0.1, -0.05) is 11.8 Å². The van der Waals surface area contributed by atoms with Crippen LogP contribution >= 0.6 is 23.5 Å². The van der Waals surface area contributed by atoms with E-state index >= 15 is 0 Å². The first kappa shape index (κ1) is 30.8.